The molecule has 1 aliphatic heterocycles. The van der Waals surface area contributed by atoms with Gasteiger partial charge in [-0.1, -0.05) is 18.2 Å². The Morgan fingerprint density at radius 3 is 2.46 bits per heavy atom. The van der Waals surface area contributed by atoms with Crippen molar-refractivity contribution < 1.29 is 9.59 Å². The first-order chi connectivity index (χ1) is 13.6. The van der Waals surface area contributed by atoms with E-state index in [9.17, 15) is 9.59 Å². The molecule has 0 bridgehead atoms. The second kappa shape index (κ2) is 9.27. The van der Waals surface area contributed by atoms with Gasteiger partial charge in [0.25, 0.3) is 5.91 Å². The number of likely N-dealkylation sites (N-methyl/N-ethyl adjacent to an activating group) is 1. The SMILES string of the molecule is CNC(=O)C[C@H]1CC[C@@H](CNC(=O)c2cnc(Nc3ccccc3)nc2)N1C. The number of benzene rings is 1. The molecule has 8 heteroatoms. The zero-order chi connectivity index (χ0) is 19.9. The summed E-state index contributed by atoms with van der Waals surface area (Å²) >= 11 is 0. The molecule has 0 spiro atoms. The molecule has 8 nitrogen and oxygen atoms in total. The van der Waals surface area contributed by atoms with E-state index in [0.29, 0.717) is 24.5 Å². The normalized spacial score (nSPS) is 19.2. The van der Waals surface area contributed by atoms with Crippen LogP contribution in [0.3, 0.4) is 0 Å². The molecule has 1 aromatic carbocycles. The highest BCUT2D eigenvalue weighted by Crippen LogP contribution is 2.24. The Morgan fingerprint density at radius 1 is 1.11 bits per heavy atom. The van der Waals surface area contributed by atoms with Crippen molar-refractivity contribution in [3.63, 3.8) is 0 Å². The number of hydrogen-bond donors (Lipinski definition) is 3. The largest absolute Gasteiger partial charge is 0.359 e. The van der Waals surface area contributed by atoms with Crippen molar-refractivity contribution in [1.29, 1.82) is 0 Å². The van der Waals surface area contributed by atoms with E-state index in [0.717, 1.165) is 18.5 Å². The first-order valence-electron chi connectivity index (χ1n) is 9.41. The average molecular weight is 382 g/mol. The first kappa shape index (κ1) is 19.8. The van der Waals surface area contributed by atoms with Gasteiger partial charge in [0.1, 0.15) is 0 Å². The summed E-state index contributed by atoms with van der Waals surface area (Å²) in [6.07, 6.45) is 5.42. The van der Waals surface area contributed by atoms with Crippen LogP contribution in [-0.4, -0.2) is 59.4 Å². The molecule has 1 aromatic heterocycles. The highest BCUT2D eigenvalue weighted by atomic mass is 16.2. The number of nitrogens with one attached hydrogen (secondary N) is 3. The number of carbonyl (C=O) groups excluding carboxylic acids is 2. The summed E-state index contributed by atoms with van der Waals surface area (Å²) < 4.78 is 0. The Bertz CT molecular complexity index is 796. The van der Waals surface area contributed by atoms with Gasteiger partial charge in [0, 0.05) is 50.2 Å². The molecule has 28 heavy (non-hydrogen) atoms. The van der Waals surface area contributed by atoms with E-state index in [1.807, 2.05) is 37.4 Å². The Labute approximate surface area is 164 Å². The van der Waals surface area contributed by atoms with Gasteiger partial charge in [-0.05, 0) is 32.0 Å². The fraction of sp³-hybridized carbons (Fsp3) is 0.400. The monoisotopic (exact) mass is 382 g/mol. The molecule has 2 heterocycles. The molecule has 2 aromatic rings. The molecule has 0 unspecified atom stereocenters. The number of anilines is 2. The summed E-state index contributed by atoms with van der Waals surface area (Å²) in [5.74, 6) is 0.285. The lowest BCUT2D eigenvalue weighted by Crippen LogP contribution is -2.42. The number of para-hydroxylation sites is 1. The highest BCUT2D eigenvalue weighted by molar-refractivity contribution is 5.93. The van der Waals surface area contributed by atoms with Gasteiger partial charge in [0.2, 0.25) is 11.9 Å². The molecule has 1 fully saturated rings. The van der Waals surface area contributed by atoms with Gasteiger partial charge in [-0.25, -0.2) is 9.97 Å². The summed E-state index contributed by atoms with van der Waals surface area (Å²) in [5.41, 5.74) is 1.30. The van der Waals surface area contributed by atoms with Crippen molar-refractivity contribution >= 4 is 23.5 Å². The van der Waals surface area contributed by atoms with Gasteiger partial charge in [-0.3, -0.25) is 14.5 Å². The fourth-order valence-corrected chi connectivity index (χ4v) is 3.37. The molecule has 2 atom stereocenters. The van der Waals surface area contributed by atoms with E-state index in [2.05, 4.69) is 30.8 Å². The van der Waals surface area contributed by atoms with Crippen LogP contribution in [0.5, 0.6) is 0 Å². The van der Waals surface area contributed by atoms with Crippen molar-refractivity contribution in [3.8, 4) is 0 Å². The zero-order valence-electron chi connectivity index (χ0n) is 16.2. The molecule has 2 amide bonds. The number of rotatable bonds is 7. The topological polar surface area (TPSA) is 99.2 Å². The Balaban J connectivity index is 1.49. The first-order valence-corrected chi connectivity index (χ1v) is 9.41. The third kappa shape index (κ3) is 5.04. The number of hydrogen-bond acceptors (Lipinski definition) is 6. The van der Waals surface area contributed by atoms with E-state index in [4.69, 9.17) is 0 Å². The molecular weight excluding hydrogens is 356 g/mol. The van der Waals surface area contributed by atoms with Gasteiger partial charge in [0.05, 0.1) is 5.56 Å². The molecule has 0 radical (unpaired) electrons. The summed E-state index contributed by atoms with van der Waals surface area (Å²) in [7, 11) is 3.66. The maximum absolute atomic E-state index is 12.4. The molecule has 0 aliphatic carbocycles. The maximum Gasteiger partial charge on any atom is 0.254 e. The number of likely N-dealkylation sites (tertiary alicyclic amines) is 1. The molecule has 3 N–H and O–H groups in total. The summed E-state index contributed by atoms with van der Waals surface area (Å²) in [6.45, 7) is 0.531. The predicted molar refractivity (Wildman–Crippen MR) is 107 cm³/mol. The van der Waals surface area contributed by atoms with Crippen molar-refractivity contribution in [2.45, 2.75) is 31.3 Å². The summed E-state index contributed by atoms with van der Waals surface area (Å²) in [6, 6.07) is 10.0. The van der Waals surface area contributed by atoms with Crippen LogP contribution in [0.2, 0.25) is 0 Å². The van der Waals surface area contributed by atoms with E-state index in [1.54, 1.807) is 7.05 Å². The third-order valence-corrected chi connectivity index (χ3v) is 5.13. The molecule has 1 saturated heterocycles. The van der Waals surface area contributed by atoms with Crippen LogP contribution in [0, 0.1) is 0 Å². The maximum atomic E-state index is 12.4. The second-order valence-corrected chi connectivity index (χ2v) is 6.92. The average Bonchev–Trinajstić information content (AvgIpc) is 3.06. The van der Waals surface area contributed by atoms with Gasteiger partial charge < -0.3 is 16.0 Å². The van der Waals surface area contributed by atoms with Gasteiger partial charge in [-0.2, -0.15) is 0 Å². The lowest BCUT2D eigenvalue weighted by molar-refractivity contribution is -0.121. The van der Waals surface area contributed by atoms with Crippen LogP contribution >= 0.6 is 0 Å². The molecule has 1 aliphatic rings. The van der Waals surface area contributed by atoms with Crippen LogP contribution in [-0.2, 0) is 4.79 Å². The van der Waals surface area contributed by atoms with Gasteiger partial charge in [0.15, 0.2) is 0 Å². The van der Waals surface area contributed by atoms with E-state index < -0.39 is 0 Å². The third-order valence-electron chi connectivity index (χ3n) is 5.13. The van der Waals surface area contributed by atoms with Crippen molar-refractivity contribution in [2.24, 2.45) is 0 Å². The van der Waals surface area contributed by atoms with Gasteiger partial charge >= 0.3 is 0 Å². The minimum Gasteiger partial charge on any atom is -0.359 e. The van der Waals surface area contributed by atoms with Crippen molar-refractivity contribution in [3.05, 3.63) is 48.3 Å². The van der Waals surface area contributed by atoms with Crippen LogP contribution in [0.4, 0.5) is 11.6 Å². The van der Waals surface area contributed by atoms with Crippen LogP contribution in [0.25, 0.3) is 0 Å². The zero-order valence-corrected chi connectivity index (χ0v) is 16.2. The van der Waals surface area contributed by atoms with E-state index >= 15 is 0 Å². The lowest BCUT2D eigenvalue weighted by atomic mass is 10.1. The van der Waals surface area contributed by atoms with Gasteiger partial charge in [-0.15, -0.1) is 0 Å². The predicted octanol–water partition coefficient (Wildman–Crippen LogP) is 1.55. The van der Waals surface area contributed by atoms with Crippen LogP contribution < -0.4 is 16.0 Å². The molecule has 0 saturated carbocycles. The number of nitrogens with zero attached hydrogens (tertiary/aromatic N) is 3. The Kier molecular flexibility index (Phi) is 6.54. The van der Waals surface area contributed by atoms with E-state index in [1.165, 1.54) is 12.4 Å². The standard InChI is InChI=1S/C20H26N6O2/c1-21-18(27)10-16-8-9-17(26(16)2)13-22-19(28)14-11-23-20(24-12-14)25-15-6-4-3-5-7-15/h3-7,11-12,16-17H,8-10,13H2,1-2H3,(H,21,27)(H,22,28)(H,23,24,25)/t16-,17+/m1/s1. The Hall–Kier alpha value is -3.00. The second-order valence-electron chi connectivity index (χ2n) is 6.92. The molecular formula is C20H26N6O2. The summed E-state index contributed by atoms with van der Waals surface area (Å²) in [5, 5.41) is 8.70. The lowest BCUT2D eigenvalue weighted by Gasteiger charge is -2.25. The van der Waals surface area contributed by atoms with Crippen molar-refractivity contribution in [2.75, 3.05) is 26.0 Å². The number of amides is 2. The Morgan fingerprint density at radius 2 is 1.79 bits per heavy atom. The molecule has 148 valence electrons. The van der Waals surface area contributed by atoms with Crippen molar-refractivity contribution in [1.82, 2.24) is 25.5 Å². The molecule has 3 rings (SSSR count). The highest BCUT2D eigenvalue weighted by Gasteiger charge is 2.31. The van der Waals surface area contributed by atoms with Crippen LogP contribution in [0.15, 0.2) is 42.7 Å². The fourth-order valence-electron chi connectivity index (χ4n) is 3.37. The van der Waals surface area contributed by atoms with Crippen LogP contribution in [0.1, 0.15) is 29.6 Å². The van der Waals surface area contributed by atoms with E-state index in [-0.39, 0.29) is 23.9 Å². The number of aromatic nitrogens is 2. The quantitative estimate of drug-likeness (QED) is 0.672. The smallest absolute Gasteiger partial charge is 0.254 e. The number of carbonyl (C=O) groups is 2. The summed E-state index contributed by atoms with van der Waals surface area (Å²) in [4.78, 5) is 34.6. The minimum atomic E-state index is -0.200. The minimum absolute atomic E-state index is 0.0443.